The molecule has 0 saturated heterocycles. The molecule has 0 fully saturated rings. The Balaban J connectivity index is 1.89. The number of ketones is 1. The van der Waals surface area contributed by atoms with Crippen LogP contribution in [0.2, 0.25) is 0 Å². The Morgan fingerprint density at radius 3 is 2.71 bits per heavy atom. The normalized spacial score (nSPS) is 13.3. The van der Waals surface area contributed by atoms with Gasteiger partial charge in [0.15, 0.2) is 17.2 Å². The number of aromatic nitrogens is 4. The number of Topliss-reactive ketones (excluding diaryl/α,β-unsaturated/α-hetero) is 1. The summed E-state index contributed by atoms with van der Waals surface area (Å²) in [5.74, 6) is -1.08. The Labute approximate surface area is 173 Å². The Kier molecular flexibility index (Phi) is 4.75. The lowest BCUT2D eigenvalue weighted by molar-refractivity contribution is 0.101. The lowest BCUT2D eigenvalue weighted by Gasteiger charge is -2.10. The number of hydrogen-bond acceptors (Lipinski definition) is 9. The van der Waals surface area contributed by atoms with Crippen molar-refractivity contribution in [2.45, 2.75) is 6.92 Å². The van der Waals surface area contributed by atoms with Gasteiger partial charge in [-0.2, -0.15) is 0 Å². The molecular weight excluding hydrogens is 430 g/mol. The van der Waals surface area contributed by atoms with Crippen LogP contribution in [0.5, 0.6) is 0 Å². The maximum Gasteiger partial charge on any atom is 0.394 e. The lowest BCUT2D eigenvalue weighted by Crippen LogP contribution is -2.07. The summed E-state index contributed by atoms with van der Waals surface area (Å²) < 4.78 is 36.3. The van der Waals surface area contributed by atoms with E-state index in [-0.39, 0.29) is 45.1 Å². The zero-order valence-corrected chi connectivity index (χ0v) is 17.1. The van der Waals surface area contributed by atoms with Crippen LogP contribution in [0.4, 0.5) is 15.9 Å². The van der Waals surface area contributed by atoms with Gasteiger partial charge in [-0.1, -0.05) is 10.0 Å². The van der Waals surface area contributed by atoms with Gasteiger partial charge in [-0.3, -0.25) is 9.78 Å². The fraction of sp³-hybridized carbons (Fsp3) is 0.111. The van der Waals surface area contributed by atoms with E-state index in [9.17, 15) is 18.6 Å². The molecule has 0 amide bonds. The molecule has 0 aliphatic heterocycles. The molecule has 0 aliphatic rings. The fourth-order valence-electron chi connectivity index (χ4n) is 3.10. The SMILES string of the molecule is CC(=O)c1cc(-c2ncc(-c3cnn(OP(C)(=O)O)c3)c3onc(N)c23)c(F)cc1N. The molecule has 1 atom stereocenters. The van der Waals surface area contributed by atoms with Crippen molar-refractivity contribution in [3.63, 3.8) is 0 Å². The number of pyridine rings is 1. The first-order valence-corrected chi connectivity index (χ1v) is 10.8. The molecule has 3 heterocycles. The van der Waals surface area contributed by atoms with Crippen molar-refractivity contribution in [1.82, 2.24) is 20.1 Å². The first kappa shape index (κ1) is 20.5. The maximum absolute atomic E-state index is 14.7. The summed E-state index contributed by atoms with van der Waals surface area (Å²) in [7, 11) is -3.83. The minimum atomic E-state index is -3.83. The molecule has 1 unspecified atom stereocenters. The van der Waals surface area contributed by atoms with Crippen LogP contribution in [0, 0.1) is 5.82 Å². The second-order valence-electron chi connectivity index (χ2n) is 6.78. The quantitative estimate of drug-likeness (QED) is 0.235. The molecule has 13 heteroatoms. The van der Waals surface area contributed by atoms with Gasteiger partial charge in [0.1, 0.15) is 5.82 Å². The number of anilines is 2. The minimum absolute atomic E-state index is 0.00270. The number of nitrogen functional groups attached to an aromatic ring is 2. The number of nitrogens with zero attached hydrogens (tertiary/aromatic N) is 4. The van der Waals surface area contributed by atoms with Gasteiger partial charge in [0.25, 0.3) is 0 Å². The second-order valence-corrected chi connectivity index (χ2v) is 8.55. The third kappa shape index (κ3) is 3.74. The van der Waals surface area contributed by atoms with Crippen molar-refractivity contribution in [3.8, 4) is 22.4 Å². The van der Waals surface area contributed by atoms with Crippen molar-refractivity contribution < 1.29 is 27.8 Å². The van der Waals surface area contributed by atoms with Crippen molar-refractivity contribution in [2.24, 2.45) is 0 Å². The molecule has 4 aromatic rings. The molecule has 0 spiro atoms. The zero-order valence-electron chi connectivity index (χ0n) is 16.2. The molecule has 1 aromatic carbocycles. The first-order valence-electron chi connectivity index (χ1n) is 8.74. The second kappa shape index (κ2) is 7.18. The van der Waals surface area contributed by atoms with Gasteiger partial charge in [0, 0.05) is 34.1 Å². The summed E-state index contributed by atoms with van der Waals surface area (Å²) in [6.45, 7) is 2.32. The maximum atomic E-state index is 14.7. The predicted molar refractivity (Wildman–Crippen MR) is 110 cm³/mol. The minimum Gasteiger partial charge on any atom is -0.398 e. The summed E-state index contributed by atoms with van der Waals surface area (Å²) in [5.41, 5.74) is 12.9. The molecule has 3 aromatic heterocycles. The van der Waals surface area contributed by atoms with Crippen molar-refractivity contribution >= 4 is 35.9 Å². The van der Waals surface area contributed by atoms with E-state index in [4.69, 9.17) is 20.6 Å². The van der Waals surface area contributed by atoms with Gasteiger partial charge in [0.05, 0.1) is 30.1 Å². The van der Waals surface area contributed by atoms with E-state index in [1.54, 1.807) is 0 Å². The van der Waals surface area contributed by atoms with Crippen LogP contribution < -0.4 is 16.1 Å². The molecule has 0 saturated carbocycles. The molecule has 0 aliphatic carbocycles. The molecule has 5 N–H and O–H groups in total. The van der Waals surface area contributed by atoms with E-state index in [0.717, 1.165) is 17.6 Å². The van der Waals surface area contributed by atoms with E-state index in [0.29, 0.717) is 11.1 Å². The highest BCUT2D eigenvalue weighted by Gasteiger charge is 2.23. The van der Waals surface area contributed by atoms with Gasteiger partial charge in [-0.05, 0) is 19.1 Å². The Morgan fingerprint density at radius 1 is 1.29 bits per heavy atom. The van der Waals surface area contributed by atoms with Gasteiger partial charge < -0.3 is 25.5 Å². The number of carbonyl (C=O) groups is 1. The van der Waals surface area contributed by atoms with Gasteiger partial charge in [-0.15, -0.1) is 5.10 Å². The van der Waals surface area contributed by atoms with Crippen LogP contribution in [-0.4, -0.2) is 37.4 Å². The van der Waals surface area contributed by atoms with E-state index in [1.165, 1.54) is 31.6 Å². The average Bonchev–Trinajstić information content (AvgIpc) is 3.27. The Bertz CT molecular complexity index is 1390. The summed E-state index contributed by atoms with van der Waals surface area (Å²) in [5, 5.41) is 7.82. The van der Waals surface area contributed by atoms with E-state index < -0.39 is 13.4 Å². The lowest BCUT2D eigenvalue weighted by atomic mass is 9.99. The summed E-state index contributed by atoms with van der Waals surface area (Å²) in [6, 6.07) is 2.34. The monoisotopic (exact) mass is 446 g/mol. The summed E-state index contributed by atoms with van der Waals surface area (Å²) >= 11 is 0. The topological polar surface area (TPSA) is 172 Å². The summed E-state index contributed by atoms with van der Waals surface area (Å²) in [4.78, 5) is 26.3. The van der Waals surface area contributed by atoms with Crippen molar-refractivity contribution in [3.05, 3.63) is 42.1 Å². The first-order chi connectivity index (χ1) is 14.5. The van der Waals surface area contributed by atoms with Crippen LogP contribution in [0.3, 0.4) is 0 Å². The number of rotatable bonds is 5. The third-order valence-corrected chi connectivity index (χ3v) is 4.87. The van der Waals surface area contributed by atoms with Crippen LogP contribution in [0.25, 0.3) is 33.4 Å². The highest BCUT2D eigenvalue weighted by molar-refractivity contribution is 7.52. The molecule has 4 rings (SSSR count). The highest BCUT2D eigenvalue weighted by atomic mass is 31.2. The number of halogens is 1. The van der Waals surface area contributed by atoms with Crippen LogP contribution >= 0.6 is 7.60 Å². The van der Waals surface area contributed by atoms with Crippen LogP contribution in [0.15, 0.2) is 35.2 Å². The standard InChI is InChI=1S/C18H16FN6O5P/c1-8(26)10-3-11(13(19)4-14(10)20)16-15-17(29-24-18(15)21)12(6-22-16)9-5-23-25(7-9)30-31(2,27)28/h3-7H,20H2,1-2H3,(H2,21,24)(H,27,28). The van der Waals surface area contributed by atoms with E-state index in [2.05, 4.69) is 15.2 Å². The Hall–Kier alpha value is -3.76. The third-order valence-electron chi connectivity index (χ3n) is 4.40. The number of nitrogens with two attached hydrogens (primary N) is 2. The largest absolute Gasteiger partial charge is 0.398 e. The van der Waals surface area contributed by atoms with Crippen molar-refractivity contribution in [2.75, 3.05) is 18.1 Å². The smallest absolute Gasteiger partial charge is 0.394 e. The summed E-state index contributed by atoms with van der Waals surface area (Å²) in [6.07, 6.45) is 4.05. The number of benzene rings is 1. The van der Waals surface area contributed by atoms with E-state index in [1.807, 2.05) is 0 Å². The molecule has 31 heavy (non-hydrogen) atoms. The Morgan fingerprint density at radius 2 is 2.03 bits per heavy atom. The molecule has 0 radical (unpaired) electrons. The molecule has 11 nitrogen and oxygen atoms in total. The highest BCUT2D eigenvalue weighted by Crippen LogP contribution is 2.39. The van der Waals surface area contributed by atoms with Gasteiger partial charge in [-0.25, -0.2) is 8.96 Å². The van der Waals surface area contributed by atoms with E-state index >= 15 is 0 Å². The molecule has 0 bridgehead atoms. The number of fused-ring (bicyclic) bond motifs is 1. The predicted octanol–water partition coefficient (Wildman–Crippen LogP) is 2.50. The molecule has 160 valence electrons. The van der Waals surface area contributed by atoms with Gasteiger partial charge in [0.2, 0.25) is 0 Å². The number of carbonyl (C=O) groups excluding carboxylic acids is 1. The van der Waals surface area contributed by atoms with Gasteiger partial charge >= 0.3 is 7.60 Å². The van der Waals surface area contributed by atoms with Crippen LogP contribution in [0.1, 0.15) is 17.3 Å². The van der Waals surface area contributed by atoms with Crippen LogP contribution in [-0.2, 0) is 4.57 Å². The average molecular weight is 446 g/mol. The van der Waals surface area contributed by atoms with Crippen molar-refractivity contribution in [1.29, 1.82) is 0 Å². The fourth-order valence-corrected chi connectivity index (χ4v) is 3.50. The molecular formula is C18H16FN6O5P. The zero-order chi connectivity index (χ0) is 22.5. The number of hydrogen-bond donors (Lipinski definition) is 3.